The molecular formula is C23H28ClN5O2. The minimum Gasteiger partial charge on any atom is -0.491 e. The van der Waals surface area contributed by atoms with Gasteiger partial charge in [-0.2, -0.15) is 5.10 Å². The monoisotopic (exact) mass is 441 g/mol. The summed E-state index contributed by atoms with van der Waals surface area (Å²) in [6.07, 6.45) is 1.57. The van der Waals surface area contributed by atoms with Gasteiger partial charge in [0.15, 0.2) is 5.65 Å². The maximum absolute atomic E-state index is 12.7. The number of halogens is 1. The van der Waals surface area contributed by atoms with E-state index in [4.69, 9.17) is 21.4 Å². The Morgan fingerprint density at radius 2 is 1.90 bits per heavy atom. The second-order valence-corrected chi connectivity index (χ2v) is 8.91. The Balaban J connectivity index is 1.84. The van der Waals surface area contributed by atoms with Gasteiger partial charge in [-0.1, -0.05) is 25.4 Å². The molecule has 0 saturated heterocycles. The van der Waals surface area contributed by atoms with Crippen molar-refractivity contribution >= 4 is 28.5 Å². The van der Waals surface area contributed by atoms with Crippen LogP contribution in [0.5, 0.6) is 5.75 Å². The third-order valence-corrected chi connectivity index (χ3v) is 6.45. The lowest BCUT2D eigenvalue weighted by Crippen LogP contribution is -2.35. The third kappa shape index (κ3) is 3.65. The summed E-state index contributed by atoms with van der Waals surface area (Å²) >= 11 is 6.66. The maximum atomic E-state index is 12.7. The molecule has 0 N–H and O–H groups in total. The standard InChI is InChI=1S/C23H28ClN5O2/c1-12(2)23(30)28-7-8-31-21-17(9-19(24)13(3)18(21)10-28)16(6)29-22-20(15(5)27-29)14(4)25-11-26-22/h9,11-12,16H,7-8,10H2,1-6H3. The van der Waals surface area contributed by atoms with Crippen LogP contribution in [0.3, 0.4) is 0 Å². The number of nitrogens with zero attached hydrogens (tertiary/aromatic N) is 5. The molecule has 31 heavy (non-hydrogen) atoms. The maximum Gasteiger partial charge on any atom is 0.225 e. The van der Waals surface area contributed by atoms with Crippen molar-refractivity contribution in [2.24, 2.45) is 5.92 Å². The number of carbonyl (C=O) groups excluding carboxylic acids is 1. The zero-order chi connectivity index (χ0) is 22.4. The lowest BCUT2D eigenvalue weighted by atomic mass is 9.98. The summed E-state index contributed by atoms with van der Waals surface area (Å²) in [5.74, 6) is 0.840. The molecule has 0 aliphatic carbocycles. The van der Waals surface area contributed by atoms with Gasteiger partial charge in [-0.3, -0.25) is 4.79 Å². The molecule has 1 aliphatic heterocycles. The highest BCUT2D eigenvalue weighted by Gasteiger charge is 2.29. The van der Waals surface area contributed by atoms with Crippen LogP contribution >= 0.6 is 11.6 Å². The first-order valence-corrected chi connectivity index (χ1v) is 11.0. The fourth-order valence-corrected chi connectivity index (χ4v) is 4.50. The molecule has 2 aromatic heterocycles. The van der Waals surface area contributed by atoms with Crippen molar-refractivity contribution in [3.05, 3.63) is 45.5 Å². The van der Waals surface area contributed by atoms with Crippen LogP contribution in [-0.4, -0.2) is 43.7 Å². The van der Waals surface area contributed by atoms with Gasteiger partial charge in [0.1, 0.15) is 18.7 Å². The summed E-state index contributed by atoms with van der Waals surface area (Å²) in [5, 5.41) is 6.39. The minimum atomic E-state index is -0.162. The van der Waals surface area contributed by atoms with Gasteiger partial charge in [0, 0.05) is 28.6 Å². The number of benzene rings is 1. The molecule has 8 heteroatoms. The number of hydrogen-bond donors (Lipinski definition) is 0. The molecule has 3 heterocycles. The van der Waals surface area contributed by atoms with Crippen molar-refractivity contribution in [2.75, 3.05) is 13.2 Å². The van der Waals surface area contributed by atoms with Gasteiger partial charge in [0.25, 0.3) is 0 Å². The quantitative estimate of drug-likeness (QED) is 0.602. The van der Waals surface area contributed by atoms with Gasteiger partial charge in [0.05, 0.1) is 29.4 Å². The first-order valence-electron chi connectivity index (χ1n) is 10.6. The van der Waals surface area contributed by atoms with Gasteiger partial charge in [-0.05, 0) is 39.3 Å². The minimum absolute atomic E-state index is 0.0687. The van der Waals surface area contributed by atoms with E-state index in [0.29, 0.717) is 24.7 Å². The largest absolute Gasteiger partial charge is 0.491 e. The molecule has 3 aromatic rings. The molecule has 0 saturated carbocycles. The van der Waals surface area contributed by atoms with Crippen LogP contribution in [0.2, 0.25) is 5.02 Å². The normalized spacial score (nSPS) is 15.0. The van der Waals surface area contributed by atoms with E-state index >= 15 is 0 Å². The number of carbonyl (C=O) groups is 1. The second kappa shape index (κ2) is 8.11. The molecule has 7 nitrogen and oxygen atoms in total. The van der Waals surface area contributed by atoms with E-state index in [1.165, 1.54) is 0 Å². The summed E-state index contributed by atoms with van der Waals surface area (Å²) in [4.78, 5) is 23.4. The molecule has 4 rings (SSSR count). The van der Waals surface area contributed by atoms with Gasteiger partial charge in [-0.25, -0.2) is 14.6 Å². The summed E-state index contributed by atoms with van der Waals surface area (Å²) in [7, 11) is 0. The third-order valence-electron chi connectivity index (χ3n) is 6.06. The van der Waals surface area contributed by atoms with Gasteiger partial charge < -0.3 is 9.64 Å². The van der Waals surface area contributed by atoms with Gasteiger partial charge >= 0.3 is 0 Å². The molecule has 1 aromatic carbocycles. The average Bonchev–Trinajstić information content (AvgIpc) is 2.93. The molecule has 0 bridgehead atoms. The summed E-state index contributed by atoms with van der Waals surface area (Å²) in [5.41, 5.74) is 5.41. The topological polar surface area (TPSA) is 73.1 Å². The lowest BCUT2D eigenvalue weighted by molar-refractivity contribution is -0.135. The average molecular weight is 442 g/mol. The van der Waals surface area contributed by atoms with Gasteiger partial charge in [-0.15, -0.1) is 0 Å². The molecule has 1 atom stereocenters. The first-order chi connectivity index (χ1) is 14.7. The molecule has 0 fully saturated rings. The second-order valence-electron chi connectivity index (χ2n) is 8.51. The van der Waals surface area contributed by atoms with Crippen LogP contribution in [-0.2, 0) is 11.3 Å². The molecule has 0 radical (unpaired) electrons. The van der Waals surface area contributed by atoms with Gasteiger partial charge in [0.2, 0.25) is 5.91 Å². The van der Waals surface area contributed by atoms with Crippen LogP contribution in [0.25, 0.3) is 11.0 Å². The van der Waals surface area contributed by atoms with Crippen molar-refractivity contribution in [1.82, 2.24) is 24.6 Å². The van der Waals surface area contributed by atoms with E-state index < -0.39 is 0 Å². The van der Waals surface area contributed by atoms with E-state index in [1.54, 1.807) is 6.33 Å². The molecule has 1 aliphatic rings. The van der Waals surface area contributed by atoms with Crippen LogP contribution in [0.4, 0.5) is 0 Å². The lowest BCUT2D eigenvalue weighted by Gasteiger charge is -2.24. The highest BCUT2D eigenvalue weighted by Crippen LogP contribution is 2.40. The zero-order valence-corrected chi connectivity index (χ0v) is 19.6. The van der Waals surface area contributed by atoms with Crippen molar-refractivity contribution in [1.29, 1.82) is 0 Å². The number of rotatable bonds is 3. The highest BCUT2D eigenvalue weighted by molar-refractivity contribution is 6.31. The Morgan fingerprint density at radius 3 is 2.61 bits per heavy atom. The van der Waals surface area contributed by atoms with Crippen molar-refractivity contribution < 1.29 is 9.53 Å². The molecule has 1 unspecified atom stereocenters. The number of aromatic nitrogens is 4. The summed E-state index contributed by atoms with van der Waals surface area (Å²) in [6, 6.07) is 1.79. The predicted octanol–water partition coefficient (Wildman–Crippen LogP) is 4.39. The van der Waals surface area contributed by atoms with E-state index in [2.05, 4.69) is 16.9 Å². The van der Waals surface area contributed by atoms with Crippen LogP contribution in [0.1, 0.15) is 54.9 Å². The molecule has 1 amide bonds. The van der Waals surface area contributed by atoms with Crippen LogP contribution < -0.4 is 4.74 Å². The fourth-order valence-electron chi connectivity index (χ4n) is 4.27. The Hall–Kier alpha value is -2.67. The Morgan fingerprint density at radius 1 is 1.16 bits per heavy atom. The Bertz CT molecular complexity index is 1170. The zero-order valence-electron chi connectivity index (χ0n) is 18.9. The van der Waals surface area contributed by atoms with Crippen LogP contribution in [0.15, 0.2) is 12.4 Å². The molecular weight excluding hydrogens is 414 g/mol. The van der Waals surface area contributed by atoms with E-state index in [-0.39, 0.29) is 17.9 Å². The van der Waals surface area contributed by atoms with E-state index in [0.717, 1.165) is 44.9 Å². The van der Waals surface area contributed by atoms with Crippen LogP contribution in [0, 0.1) is 26.7 Å². The summed E-state index contributed by atoms with van der Waals surface area (Å²) in [6.45, 7) is 13.3. The van der Waals surface area contributed by atoms with Crippen molar-refractivity contribution in [3.8, 4) is 5.75 Å². The van der Waals surface area contributed by atoms with Crippen molar-refractivity contribution in [3.63, 3.8) is 0 Å². The number of amides is 1. The molecule has 164 valence electrons. The smallest absolute Gasteiger partial charge is 0.225 e. The number of ether oxygens (including phenoxy) is 1. The highest BCUT2D eigenvalue weighted by atomic mass is 35.5. The number of fused-ring (bicyclic) bond motifs is 2. The SMILES string of the molecule is Cc1c(Cl)cc(C(C)n2nc(C)c3c(C)ncnc32)c2c1CN(C(=O)C(C)C)CCO2. The fraction of sp³-hybridized carbons (Fsp3) is 0.478. The number of hydrogen-bond acceptors (Lipinski definition) is 5. The first kappa shape index (κ1) is 21.6. The summed E-state index contributed by atoms with van der Waals surface area (Å²) < 4.78 is 8.14. The number of aryl methyl sites for hydroxylation is 2. The van der Waals surface area contributed by atoms with Crippen molar-refractivity contribution in [2.45, 2.75) is 54.1 Å². The Labute approximate surface area is 187 Å². The predicted molar refractivity (Wildman–Crippen MR) is 121 cm³/mol. The van der Waals surface area contributed by atoms with E-state index in [9.17, 15) is 4.79 Å². The van der Waals surface area contributed by atoms with E-state index in [1.807, 2.05) is 50.3 Å². The molecule has 0 spiro atoms. The Kier molecular flexibility index (Phi) is 5.64.